The summed E-state index contributed by atoms with van der Waals surface area (Å²) in [6.45, 7) is 1.44. The van der Waals surface area contributed by atoms with Crippen molar-refractivity contribution in [3.8, 4) is 11.5 Å². The maximum absolute atomic E-state index is 13.5. The second-order valence-electron chi connectivity index (χ2n) is 5.50. The molecule has 0 spiro atoms. The summed E-state index contributed by atoms with van der Waals surface area (Å²) in [7, 11) is 0. The van der Waals surface area contributed by atoms with E-state index in [1.807, 2.05) is 0 Å². The van der Waals surface area contributed by atoms with E-state index in [0.717, 1.165) is 11.6 Å². The molecule has 0 atom stereocenters. The molecule has 140 valence electrons. The van der Waals surface area contributed by atoms with Crippen LogP contribution in [0.5, 0.6) is 11.5 Å². The second-order valence-corrected chi connectivity index (χ2v) is 5.50. The Morgan fingerprint density at radius 2 is 1.93 bits per heavy atom. The lowest BCUT2D eigenvalue weighted by Crippen LogP contribution is -2.43. The Bertz CT molecular complexity index is 900. The summed E-state index contributed by atoms with van der Waals surface area (Å²) in [5.74, 6) is -0.860. The largest absolute Gasteiger partial charge is 0.454 e. The Kier molecular flexibility index (Phi) is 5.50. The molecule has 8 nitrogen and oxygen atoms in total. The zero-order chi connectivity index (χ0) is 19.2. The SMILES string of the molecule is C/C(=N/OCC(=O)NNC(=O)c1ccccc1F)c1ccc2c(c1)OCO2. The lowest BCUT2D eigenvalue weighted by molar-refractivity contribution is -0.126. The van der Waals surface area contributed by atoms with E-state index in [-0.39, 0.29) is 12.4 Å². The van der Waals surface area contributed by atoms with Crippen molar-refractivity contribution in [1.29, 1.82) is 0 Å². The van der Waals surface area contributed by atoms with Crippen molar-refractivity contribution >= 4 is 17.5 Å². The first-order valence-electron chi connectivity index (χ1n) is 7.95. The smallest absolute Gasteiger partial charge is 0.279 e. The molecule has 0 radical (unpaired) electrons. The fourth-order valence-corrected chi connectivity index (χ4v) is 2.24. The molecule has 2 aromatic carbocycles. The van der Waals surface area contributed by atoms with E-state index < -0.39 is 24.2 Å². The fraction of sp³-hybridized carbons (Fsp3) is 0.167. The first-order valence-corrected chi connectivity index (χ1v) is 7.95. The number of carbonyl (C=O) groups excluding carboxylic acids is 2. The third kappa shape index (κ3) is 4.51. The van der Waals surface area contributed by atoms with Crippen LogP contribution in [0.1, 0.15) is 22.8 Å². The van der Waals surface area contributed by atoms with E-state index in [0.29, 0.717) is 17.2 Å². The van der Waals surface area contributed by atoms with Crippen molar-refractivity contribution in [3.63, 3.8) is 0 Å². The van der Waals surface area contributed by atoms with Crippen LogP contribution in [0.3, 0.4) is 0 Å². The first kappa shape index (κ1) is 18.2. The minimum Gasteiger partial charge on any atom is -0.454 e. The van der Waals surface area contributed by atoms with Gasteiger partial charge in [0.2, 0.25) is 6.79 Å². The highest BCUT2D eigenvalue weighted by molar-refractivity contribution is 5.99. The maximum Gasteiger partial charge on any atom is 0.279 e. The Morgan fingerprint density at radius 3 is 2.74 bits per heavy atom. The van der Waals surface area contributed by atoms with Crippen LogP contribution in [0.25, 0.3) is 0 Å². The minimum atomic E-state index is -0.776. The number of nitrogens with one attached hydrogen (secondary N) is 2. The van der Waals surface area contributed by atoms with Crippen molar-refractivity contribution in [2.75, 3.05) is 13.4 Å². The molecule has 0 bridgehead atoms. The summed E-state index contributed by atoms with van der Waals surface area (Å²) >= 11 is 0. The van der Waals surface area contributed by atoms with Crippen LogP contribution in [0.15, 0.2) is 47.6 Å². The van der Waals surface area contributed by atoms with Gasteiger partial charge in [0.1, 0.15) is 5.82 Å². The molecule has 1 aliphatic heterocycles. The Morgan fingerprint density at radius 1 is 1.15 bits per heavy atom. The van der Waals surface area contributed by atoms with E-state index in [9.17, 15) is 14.0 Å². The number of fused-ring (bicyclic) bond motifs is 1. The molecule has 2 aromatic rings. The summed E-state index contributed by atoms with van der Waals surface area (Å²) in [6, 6.07) is 10.7. The number of oxime groups is 1. The molecule has 1 aliphatic rings. The molecule has 1 heterocycles. The zero-order valence-electron chi connectivity index (χ0n) is 14.3. The van der Waals surface area contributed by atoms with Crippen molar-refractivity contribution in [3.05, 3.63) is 59.4 Å². The molecule has 0 aliphatic carbocycles. The highest BCUT2D eigenvalue weighted by Gasteiger charge is 2.14. The number of hydrogen-bond acceptors (Lipinski definition) is 6. The van der Waals surface area contributed by atoms with Gasteiger partial charge < -0.3 is 14.3 Å². The van der Waals surface area contributed by atoms with Crippen LogP contribution in [0, 0.1) is 5.82 Å². The summed E-state index contributed by atoms with van der Waals surface area (Å²) in [6.07, 6.45) is 0. The number of hydrazine groups is 1. The van der Waals surface area contributed by atoms with Gasteiger partial charge in [-0.05, 0) is 37.3 Å². The quantitative estimate of drug-likeness (QED) is 0.615. The number of nitrogens with zero attached hydrogens (tertiary/aromatic N) is 1. The van der Waals surface area contributed by atoms with Gasteiger partial charge in [-0.25, -0.2) is 4.39 Å². The molecule has 0 aromatic heterocycles. The predicted molar refractivity (Wildman–Crippen MR) is 92.7 cm³/mol. The average Bonchev–Trinajstić information content (AvgIpc) is 3.14. The number of carbonyl (C=O) groups is 2. The molecule has 9 heteroatoms. The molecule has 2 N–H and O–H groups in total. The lowest BCUT2D eigenvalue weighted by Gasteiger charge is -2.07. The summed E-state index contributed by atoms with van der Waals surface area (Å²) in [4.78, 5) is 28.4. The topological polar surface area (TPSA) is 98.2 Å². The van der Waals surface area contributed by atoms with E-state index in [1.54, 1.807) is 25.1 Å². The molecular weight excluding hydrogens is 357 g/mol. The first-order chi connectivity index (χ1) is 13.0. The van der Waals surface area contributed by atoms with E-state index in [2.05, 4.69) is 16.0 Å². The van der Waals surface area contributed by atoms with Gasteiger partial charge >= 0.3 is 0 Å². The molecular formula is C18H16FN3O5. The Labute approximate surface area is 153 Å². The zero-order valence-corrected chi connectivity index (χ0v) is 14.3. The van der Waals surface area contributed by atoms with Crippen molar-refractivity contribution in [2.45, 2.75) is 6.92 Å². The van der Waals surface area contributed by atoms with Crippen molar-refractivity contribution in [1.82, 2.24) is 10.9 Å². The minimum absolute atomic E-state index is 0.171. The van der Waals surface area contributed by atoms with Gasteiger partial charge in [-0.1, -0.05) is 17.3 Å². The monoisotopic (exact) mass is 373 g/mol. The van der Waals surface area contributed by atoms with Crippen LogP contribution in [-0.4, -0.2) is 30.9 Å². The van der Waals surface area contributed by atoms with E-state index >= 15 is 0 Å². The van der Waals surface area contributed by atoms with Crippen LogP contribution in [0.4, 0.5) is 4.39 Å². The highest BCUT2D eigenvalue weighted by atomic mass is 19.1. The number of amides is 2. The Balaban J connectivity index is 1.47. The Hall–Kier alpha value is -3.62. The highest BCUT2D eigenvalue weighted by Crippen LogP contribution is 2.32. The van der Waals surface area contributed by atoms with Crippen LogP contribution in [-0.2, 0) is 9.63 Å². The normalized spacial score (nSPS) is 12.4. The maximum atomic E-state index is 13.5. The summed E-state index contributed by atoms with van der Waals surface area (Å²) in [5.41, 5.74) is 5.30. The molecule has 0 saturated heterocycles. The molecule has 0 unspecified atom stereocenters. The van der Waals surface area contributed by atoms with Gasteiger partial charge in [-0.15, -0.1) is 0 Å². The van der Waals surface area contributed by atoms with Crippen LogP contribution >= 0.6 is 0 Å². The number of hydrogen-bond donors (Lipinski definition) is 2. The van der Waals surface area contributed by atoms with E-state index in [1.165, 1.54) is 18.2 Å². The molecule has 3 rings (SSSR count). The fourth-order valence-electron chi connectivity index (χ4n) is 2.24. The molecule has 0 saturated carbocycles. The van der Waals surface area contributed by atoms with Gasteiger partial charge in [0.05, 0.1) is 11.3 Å². The predicted octanol–water partition coefficient (Wildman–Crippen LogP) is 1.76. The third-order valence-corrected chi connectivity index (χ3v) is 3.62. The van der Waals surface area contributed by atoms with Gasteiger partial charge in [0, 0.05) is 5.56 Å². The van der Waals surface area contributed by atoms with Gasteiger partial charge in [0.25, 0.3) is 11.8 Å². The number of benzene rings is 2. The second kappa shape index (κ2) is 8.17. The van der Waals surface area contributed by atoms with Crippen LogP contribution < -0.4 is 20.3 Å². The van der Waals surface area contributed by atoms with Crippen molar-refractivity contribution in [2.24, 2.45) is 5.16 Å². The molecule has 27 heavy (non-hydrogen) atoms. The number of rotatable bonds is 5. The van der Waals surface area contributed by atoms with E-state index in [4.69, 9.17) is 14.3 Å². The third-order valence-electron chi connectivity index (χ3n) is 3.62. The summed E-state index contributed by atoms with van der Waals surface area (Å²) in [5, 5.41) is 3.85. The average molecular weight is 373 g/mol. The number of halogens is 1. The lowest BCUT2D eigenvalue weighted by atomic mass is 10.1. The van der Waals surface area contributed by atoms with Gasteiger partial charge in [0.15, 0.2) is 18.1 Å². The molecule has 2 amide bonds. The van der Waals surface area contributed by atoms with Crippen LogP contribution in [0.2, 0.25) is 0 Å². The van der Waals surface area contributed by atoms with Crippen molar-refractivity contribution < 1.29 is 28.3 Å². The summed E-state index contributed by atoms with van der Waals surface area (Å²) < 4.78 is 24.0. The number of ether oxygens (including phenoxy) is 2. The van der Waals surface area contributed by atoms with Gasteiger partial charge in [-0.3, -0.25) is 20.4 Å². The molecule has 0 fully saturated rings. The standard InChI is InChI=1S/C18H16FN3O5/c1-11(12-6-7-15-16(8-12)26-10-25-15)22-27-9-17(23)20-21-18(24)13-4-2-3-5-14(13)19/h2-8H,9-10H2,1H3,(H,20,23)(H,21,24)/b22-11-. The van der Waals surface area contributed by atoms with Gasteiger partial charge in [-0.2, -0.15) is 0 Å².